The number of amides is 2. The van der Waals surface area contributed by atoms with Crippen LogP contribution in [0, 0.1) is 0 Å². The van der Waals surface area contributed by atoms with Gasteiger partial charge in [0.25, 0.3) is 11.8 Å². The van der Waals surface area contributed by atoms with Crippen LogP contribution in [0.5, 0.6) is 0 Å². The lowest BCUT2D eigenvalue weighted by Crippen LogP contribution is -2.29. The number of carbonyl (C=O) groups is 2. The largest absolute Gasteiger partial charge is 0.350 e. The van der Waals surface area contributed by atoms with E-state index in [4.69, 9.17) is 0 Å². The molecule has 1 aromatic heterocycles. The van der Waals surface area contributed by atoms with E-state index in [0.29, 0.717) is 24.6 Å². The second kappa shape index (κ2) is 7.99. The van der Waals surface area contributed by atoms with Gasteiger partial charge in [-0.1, -0.05) is 6.07 Å². The molecule has 0 aliphatic carbocycles. The SMILES string of the molecule is O=C(NCCS)c1cccc(C(=O)NCCS)n1. The summed E-state index contributed by atoms with van der Waals surface area (Å²) in [4.78, 5) is 27.3. The molecule has 18 heavy (non-hydrogen) atoms. The monoisotopic (exact) mass is 285 g/mol. The summed E-state index contributed by atoms with van der Waals surface area (Å²) in [5.41, 5.74) is 0.436. The normalized spacial score (nSPS) is 9.89. The fourth-order valence-electron chi connectivity index (χ4n) is 1.21. The van der Waals surface area contributed by atoms with Gasteiger partial charge in [-0.05, 0) is 12.1 Å². The second-order valence-corrected chi connectivity index (χ2v) is 4.26. The number of hydrogen-bond donors (Lipinski definition) is 4. The minimum absolute atomic E-state index is 0.218. The molecule has 0 aliphatic heterocycles. The highest BCUT2D eigenvalue weighted by Crippen LogP contribution is 2.00. The van der Waals surface area contributed by atoms with Crippen molar-refractivity contribution in [1.29, 1.82) is 0 Å². The summed E-state index contributed by atoms with van der Waals surface area (Å²) in [5, 5.41) is 5.27. The number of hydrogen-bond acceptors (Lipinski definition) is 5. The molecule has 0 aromatic carbocycles. The minimum atomic E-state index is -0.312. The van der Waals surface area contributed by atoms with Gasteiger partial charge < -0.3 is 10.6 Å². The van der Waals surface area contributed by atoms with Crippen LogP contribution in [0.25, 0.3) is 0 Å². The number of aromatic nitrogens is 1. The molecular weight excluding hydrogens is 270 g/mol. The number of thiol groups is 2. The molecule has 7 heteroatoms. The molecule has 2 amide bonds. The molecule has 0 radical (unpaired) electrons. The fourth-order valence-corrected chi connectivity index (χ4v) is 1.43. The quantitative estimate of drug-likeness (QED) is 0.572. The van der Waals surface area contributed by atoms with Gasteiger partial charge in [-0.2, -0.15) is 25.3 Å². The van der Waals surface area contributed by atoms with Gasteiger partial charge in [0.15, 0.2) is 0 Å². The highest BCUT2D eigenvalue weighted by atomic mass is 32.1. The molecule has 1 heterocycles. The molecule has 2 N–H and O–H groups in total. The Hall–Kier alpha value is -1.21. The van der Waals surface area contributed by atoms with Crippen molar-refractivity contribution in [3.63, 3.8) is 0 Å². The average molecular weight is 285 g/mol. The molecule has 0 bridgehead atoms. The zero-order valence-corrected chi connectivity index (χ0v) is 11.5. The lowest BCUT2D eigenvalue weighted by atomic mass is 10.2. The fraction of sp³-hybridized carbons (Fsp3) is 0.364. The predicted octanol–water partition coefficient (Wildman–Crippen LogP) is 0.401. The Kier molecular flexibility index (Phi) is 6.59. The average Bonchev–Trinajstić information content (AvgIpc) is 2.42. The van der Waals surface area contributed by atoms with Crippen molar-refractivity contribution < 1.29 is 9.59 Å². The van der Waals surface area contributed by atoms with Crippen molar-refractivity contribution in [2.75, 3.05) is 24.6 Å². The zero-order valence-electron chi connectivity index (χ0n) is 9.72. The molecule has 98 valence electrons. The van der Waals surface area contributed by atoms with E-state index < -0.39 is 0 Å². The molecule has 5 nitrogen and oxygen atoms in total. The number of nitrogens with one attached hydrogen (secondary N) is 2. The third-order valence-corrected chi connectivity index (χ3v) is 2.46. The van der Waals surface area contributed by atoms with Crippen LogP contribution in [0.3, 0.4) is 0 Å². The molecule has 0 saturated heterocycles. The number of rotatable bonds is 6. The number of carbonyl (C=O) groups excluding carboxylic acids is 2. The number of pyridine rings is 1. The summed E-state index contributed by atoms with van der Waals surface area (Å²) in [6.07, 6.45) is 0. The molecule has 0 unspecified atom stereocenters. The van der Waals surface area contributed by atoms with Gasteiger partial charge in [0.2, 0.25) is 0 Å². The molecule has 1 rings (SSSR count). The highest BCUT2D eigenvalue weighted by molar-refractivity contribution is 7.80. The van der Waals surface area contributed by atoms with Crippen LogP contribution in [-0.2, 0) is 0 Å². The van der Waals surface area contributed by atoms with Crippen LogP contribution >= 0.6 is 25.3 Å². The van der Waals surface area contributed by atoms with Gasteiger partial charge in [0.05, 0.1) is 0 Å². The van der Waals surface area contributed by atoms with E-state index >= 15 is 0 Å². The smallest absolute Gasteiger partial charge is 0.269 e. The van der Waals surface area contributed by atoms with Crippen molar-refractivity contribution >= 4 is 37.1 Å². The van der Waals surface area contributed by atoms with E-state index in [1.807, 2.05) is 0 Å². The van der Waals surface area contributed by atoms with E-state index in [0.717, 1.165) is 0 Å². The first-order chi connectivity index (χ1) is 8.69. The van der Waals surface area contributed by atoms with Crippen molar-refractivity contribution in [3.8, 4) is 0 Å². The van der Waals surface area contributed by atoms with Crippen LogP contribution < -0.4 is 10.6 Å². The second-order valence-electron chi connectivity index (χ2n) is 3.37. The lowest BCUT2D eigenvalue weighted by molar-refractivity contribution is 0.0947. The summed E-state index contributed by atoms with van der Waals surface area (Å²) >= 11 is 7.99. The first kappa shape index (κ1) is 14.8. The van der Waals surface area contributed by atoms with E-state index in [9.17, 15) is 9.59 Å². The molecule has 0 spiro atoms. The number of nitrogens with zero attached hydrogens (tertiary/aromatic N) is 1. The maximum atomic E-state index is 11.6. The first-order valence-electron chi connectivity index (χ1n) is 5.44. The molecule has 0 aliphatic rings. The summed E-state index contributed by atoms with van der Waals surface area (Å²) in [5.74, 6) is 0.475. The Balaban J connectivity index is 2.72. The standard InChI is InChI=1S/C11H15N3O2S2/c15-10(12-4-6-17)8-2-1-3-9(14-8)11(16)13-5-7-18/h1-3,17-18H,4-7H2,(H,12,15)(H,13,16). The molecule has 1 aromatic rings. The van der Waals surface area contributed by atoms with E-state index in [-0.39, 0.29) is 23.2 Å². The third kappa shape index (κ3) is 4.58. The first-order valence-corrected chi connectivity index (χ1v) is 6.70. The molecule has 0 atom stereocenters. The Morgan fingerprint density at radius 1 is 1.00 bits per heavy atom. The van der Waals surface area contributed by atoms with Crippen LogP contribution in [0.15, 0.2) is 18.2 Å². The predicted molar refractivity (Wildman–Crippen MR) is 76.6 cm³/mol. The van der Waals surface area contributed by atoms with Gasteiger partial charge in [-0.3, -0.25) is 9.59 Å². The van der Waals surface area contributed by atoms with Gasteiger partial charge in [0.1, 0.15) is 11.4 Å². The van der Waals surface area contributed by atoms with Crippen molar-refractivity contribution in [2.24, 2.45) is 0 Å². The van der Waals surface area contributed by atoms with E-state index in [1.165, 1.54) is 0 Å². The Morgan fingerprint density at radius 3 is 1.83 bits per heavy atom. The van der Waals surface area contributed by atoms with Crippen molar-refractivity contribution in [3.05, 3.63) is 29.6 Å². The summed E-state index contributed by atoms with van der Waals surface area (Å²) in [7, 11) is 0. The van der Waals surface area contributed by atoms with Crippen LogP contribution in [-0.4, -0.2) is 41.4 Å². The minimum Gasteiger partial charge on any atom is -0.350 e. The van der Waals surface area contributed by atoms with E-state index in [2.05, 4.69) is 40.9 Å². The summed E-state index contributed by atoms with van der Waals surface area (Å²) < 4.78 is 0. The maximum Gasteiger partial charge on any atom is 0.269 e. The Bertz CT molecular complexity index is 391. The van der Waals surface area contributed by atoms with Crippen LogP contribution in [0.2, 0.25) is 0 Å². The van der Waals surface area contributed by atoms with Crippen molar-refractivity contribution in [1.82, 2.24) is 15.6 Å². The highest BCUT2D eigenvalue weighted by Gasteiger charge is 2.11. The molecule has 0 saturated carbocycles. The maximum absolute atomic E-state index is 11.6. The summed E-state index contributed by atoms with van der Waals surface area (Å²) in [6, 6.07) is 4.74. The topological polar surface area (TPSA) is 71.1 Å². The zero-order chi connectivity index (χ0) is 13.4. The van der Waals surface area contributed by atoms with Gasteiger partial charge in [-0.15, -0.1) is 0 Å². The van der Waals surface area contributed by atoms with Crippen molar-refractivity contribution in [2.45, 2.75) is 0 Å². The van der Waals surface area contributed by atoms with Gasteiger partial charge in [-0.25, -0.2) is 4.98 Å². The third-order valence-electron chi connectivity index (χ3n) is 2.01. The van der Waals surface area contributed by atoms with Crippen LogP contribution in [0.4, 0.5) is 0 Å². The Morgan fingerprint density at radius 2 is 1.44 bits per heavy atom. The van der Waals surface area contributed by atoms with Crippen LogP contribution in [0.1, 0.15) is 21.0 Å². The lowest BCUT2D eigenvalue weighted by Gasteiger charge is -2.05. The van der Waals surface area contributed by atoms with Gasteiger partial charge in [0, 0.05) is 24.6 Å². The summed E-state index contributed by atoms with van der Waals surface area (Å²) in [6.45, 7) is 0.916. The van der Waals surface area contributed by atoms with Gasteiger partial charge >= 0.3 is 0 Å². The molecule has 0 fully saturated rings. The van der Waals surface area contributed by atoms with E-state index in [1.54, 1.807) is 18.2 Å². The Labute approximate surface area is 117 Å². The molecular formula is C11H15N3O2S2.